The Morgan fingerprint density at radius 2 is 1.84 bits per heavy atom. The van der Waals surface area contributed by atoms with Gasteiger partial charge in [0.2, 0.25) is 5.91 Å². The molecule has 0 spiro atoms. The van der Waals surface area contributed by atoms with Crippen molar-refractivity contribution in [2.24, 2.45) is 23.0 Å². The average molecular weight is 268 g/mol. The SMILES string of the molecule is CC1CCN(C(=O)CCC(CCN)C(C)(C)C)CC1. The van der Waals surface area contributed by atoms with E-state index in [1.54, 1.807) is 0 Å². The highest BCUT2D eigenvalue weighted by Crippen LogP contribution is 2.32. The van der Waals surface area contributed by atoms with Gasteiger partial charge < -0.3 is 10.6 Å². The first-order chi connectivity index (χ1) is 8.84. The summed E-state index contributed by atoms with van der Waals surface area (Å²) in [6.07, 6.45) is 5.02. The van der Waals surface area contributed by atoms with Crippen molar-refractivity contribution in [2.45, 2.75) is 59.8 Å². The molecule has 2 N–H and O–H groups in total. The third kappa shape index (κ3) is 5.52. The van der Waals surface area contributed by atoms with Gasteiger partial charge in [-0.2, -0.15) is 0 Å². The molecule has 0 radical (unpaired) electrons. The molecule has 112 valence electrons. The van der Waals surface area contributed by atoms with Gasteiger partial charge in [0.05, 0.1) is 0 Å². The Morgan fingerprint density at radius 3 is 2.32 bits per heavy atom. The van der Waals surface area contributed by atoms with Crippen LogP contribution in [0, 0.1) is 17.3 Å². The van der Waals surface area contributed by atoms with Crippen LogP contribution in [0.15, 0.2) is 0 Å². The summed E-state index contributed by atoms with van der Waals surface area (Å²) in [7, 11) is 0. The van der Waals surface area contributed by atoms with Gasteiger partial charge in [0.15, 0.2) is 0 Å². The quantitative estimate of drug-likeness (QED) is 0.833. The van der Waals surface area contributed by atoms with Gasteiger partial charge in [-0.3, -0.25) is 4.79 Å². The number of carbonyl (C=O) groups is 1. The fourth-order valence-electron chi connectivity index (χ4n) is 2.93. The number of amides is 1. The second kappa shape index (κ2) is 7.28. The number of carbonyl (C=O) groups excluding carboxylic acids is 1. The highest BCUT2D eigenvalue weighted by atomic mass is 16.2. The van der Waals surface area contributed by atoms with Crippen LogP contribution >= 0.6 is 0 Å². The van der Waals surface area contributed by atoms with Gasteiger partial charge in [-0.1, -0.05) is 27.7 Å². The van der Waals surface area contributed by atoms with Crippen LogP contribution in [0.4, 0.5) is 0 Å². The Morgan fingerprint density at radius 1 is 1.26 bits per heavy atom. The van der Waals surface area contributed by atoms with E-state index in [2.05, 4.69) is 32.6 Å². The molecular weight excluding hydrogens is 236 g/mol. The molecule has 0 aliphatic carbocycles. The maximum absolute atomic E-state index is 12.2. The highest BCUT2D eigenvalue weighted by molar-refractivity contribution is 5.76. The average Bonchev–Trinajstić information content (AvgIpc) is 2.33. The lowest BCUT2D eigenvalue weighted by Crippen LogP contribution is -2.38. The van der Waals surface area contributed by atoms with Crippen molar-refractivity contribution in [3.63, 3.8) is 0 Å². The summed E-state index contributed by atoms with van der Waals surface area (Å²) in [6, 6.07) is 0. The number of piperidine rings is 1. The molecule has 0 aromatic rings. The smallest absolute Gasteiger partial charge is 0.222 e. The van der Waals surface area contributed by atoms with E-state index in [0.29, 0.717) is 18.2 Å². The van der Waals surface area contributed by atoms with E-state index in [9.17, 15) is 4.79 Å². The molecule has 1 aliphatic rings. The molecule has 1 amide bonds. The molecule has 1 heterocycles. The summed E-state index contributed by atoms with van der Waals surface area (Å²) < 4.78 is 0. The van der Waals surface area contributed by atoms with Crippen LogP contribution in [0.5, 0.6) is 0 Å². The minimum atomic E-state index is 0.246. The van der Waals surface area contributed by atoms with Crippen molar-refractivity contribution in [3.05, 3.63) is 0 Å². The minimum Gasteiger partial charge on any atom is -0.343 e. The first-order valence-electron chi connectivity index (χ1n) is 7.82. The topological polar surface area (TPSA) is 46.3 Å². The van der Waals surface area contributed by atoms with Gasteiger partial charge in [0, 0.05) is 19.5 Å². The van der Waals surface area contributed by atoms with Crippen molar-refractivity contribution in [1.82, 2.24) is 4.90 Å². The van der Waals surface area contributed by atoms with Crippen LogP contribution < -0.4 is 5.73 Å². The van der Waals surface area contributed by atoms with Crippen LogP contribution in [-0.2, 0) is 4.79 Å². The van der Waals surface area contributed by atoms with Crippen molar-refractivity contribution in [1.29, 1.82) is 0 Å². The number of nitrogens with two attached hydrogens (primary N) is 1. The Labute approximate surface area is 118 Å². The van der Waals surface area contributed by atoms with E-state index in [1.807, 2.05) is 0 Å². The monoisotopic (exact) mass is 268 g/mol. The Kier molecular flexibility index (Phi) is 6.31. The molecule has 1 atom stereocenters. The molecule has 0 saturated carbocycles. The maximum atomic E-state index is 12.2. The van der Waals surface area contributed by atoms with Gasteiger partial charge >= 0.3 is 0 Å². The second-order valence-corrected chi connectivity index (χ2v) is 7.24. The summed E-state index contributed by atoms with van der Waals surface area (Å²) in [5.74, 6) is 1.67. The Hall–Kier alpha value is -0.570. The summed E-state index contributed by atoms with van der Waals surface area (Å²) >= 11 is 0. The highest BCUT2D eigenvalue weighted by Gasteiger charge is 2.26. The van der Waals surface area contributed by atoms with Crippen molar-refractivity contribution >= 4 is 5.91 Å². The Bertz CT molecular complexity index is 275. The zero-order chi connectivity index (χ0) is 14.5. The van der Waals surface area contributed by atoms with E-state index in [0.717, 1.165) is 51.2 Å². The molecular formula is C16H32N2O. The standard InChI is InChI=1S/C16H32N2O/c1-13-8-11-18(12-9-13)15(19)6-5-14(7-10-17)16(2,3)4/h13-14H,5-12,17H2,1-4H3. The predicted molar refractivity (Wildman–Crippen MR) is 80.8 cm³/mol. The van der Waals surface area contributed by atoms with Crippen LogP contribution in [-0.4, -0.2) is 30.4 Å². The largest absolute Gasteiger partial charge is 0.343 e. The lowest BCUT2D eigenvalue weighted by molar-refractivity contribution is -0.133. The molecule has 1 saturated heterocycles. The number of likely N-dealkylation sites (tertiary alicyclic amines) is 1. The van der Waals surface area contributed by atoms with Crippen molar-refractivity contribution in [2.75, 3.05) is 19.6 Å². The van der Waals surface area contributed by atoms with Gasteiger partial charge in [-0.15, -0.1) is 0 Å². The predicted octanol–water partition coefficient (Wildman–Crippen LogP) is 3.04. The molecule has 3 heteroatoms. The molecule has 1 rings (SSSR count). The summed E-state index contributed by atoms with van der Waals surface area (Å²) in [6.45, 7) is 11.7. The van der Waals surface area contributed by atoms with Crippen molar-refractivity contribution in [3.8, 4) is 0 Å². The number of rotatable bonds is 5. The molecule has 1 unspecified atom stereocenters. The lowest BCUT2D eigenvalue weighted by atomic mass is 9.76. The number of hydrogen-bond acceptors (Lipinski definition) is 2. The van der Waals surface area contributed by atoms with Gasteiger partial charge in [-0.25, -0.2) is 0 Å². The molecule has 19 heavy (non-hydrogen) atoms. The van der Waals surface area contributed by atoms with Crippen LogP contribution in [0.2, 0.25) is 0 Å². The summed E-state index contributed by atoms with van der Waals surface area (Å²) in [5, 5.41) is 0. The zero-order valence-corrected chi connectivity index (χ0v) is 13.2. The second-order valence-electron chi connectivity index (χ2n) is 7.24. The first kappa shape index (κ1) is 16.5. The first-order valence-corrected chi connectivity index (χ1v) is 7.82. The Balaban J connectivity index is 2.39. The summed E-state index contributed by atoms with van der Waals surface area (Å²) in [5.41, 5.74) is 5.94. The van der Waals surface area contributed by atoms with Crippen molar-refractivity contribution < 1.29 is 4.79 Å². The fourth-order valence-corrected chi connectivity index (χ4v) is 2.93. The third-order valence-electron chi connectivity index (χ3n) is 4.58. The van der Waals surface area contributed by atoms with Crippen LogP contribution in [0.1, 0.15) is 59.8 Å². The molecule has 0 bridgehead atoms. The van der Waals surface area contributed by atoms with E-state index < -0.39 is 0 Å². The van der Waals surface area contributed by atoms with E-state index in [4.69, 9.17) is 5.73 Å². The maximum Gasteiger partial charge on any atom is 0.222 e. The number of nitrogens with zero attached hydrogens (tertiary/aromatic N) is 1. The summed E-state index contributed by atoms with van der Waals surface area (Å²) in [4.78, 5) is 14.3. The minimum absolute atomic E-state index is 0.246. The third-order valence-corrected chi connectivity index (χ3v) is 4.58. The molecule has 1 fully saturated rings. The normalized spacial score (nSPS) is 19.5. The fraction of sp³-hybridized carbons (Fsp3) is 0.938. The van der Waals surface area contributed by atoms with E-state index >= 15 is 0 Å². The van der Waals surface area contributed by atoms with E-state index in [1.165, 1.54) is 0 Å². The van der Waals surface area contributed by atoms with Crippen LogP contribution in [0.3, 0.4) is 0 Å². The van der Waals surface area contributed by atoms with Gasteiger partial charge in [-0.05, 0) is 49.5 Å². The van der Waals surface area contributed by atoms with Crippen LogP contribution in [0.25, 0.3) is 0 Å². The molecule has 1 aliphatic heterocycles. The zero-order valence-electron chi connectivity index (χ0n) is 13.2. The number of hydrogen-bond donors (Lipinski definition) is 1. The van der Waals surface area contributed by atoms with Gasteiger partial charge in [0.25, 0.3) is 0 Å². The molecule has 0 aromatic carbocycles. The lowest BCUT2D eigenvalue weighted by Gasteiger charge is -2.33. The molecule has 3 nitrogen and oxygen atoms in total. The molecule has 0 aromatic heterocycles. The van der Waals surface area contributed by atoms with Gasteiger partial charge in [0.1, 0.15) is 0 Å². The van der Waals surface area contributed by atoms with E-state index in [-0.39, 0.29) is 5.41 Å².